The maximum Gasteiger partial charge on any atom is 0.529 e. The number of nitrogens with two attached hydrogens (primary N) is 1. The van der Waals surface area contributed by atoms with Crippen LogP contribution in [0.3, 0.4) is 0 Å². The van der Waals surface area contributed by atoms with Crippen LogP contribution in [0, 0.1) is 5.92 Å². The van der Waals surface area contributed by atoms with Crippen LogP contribution in [0.25, 0.3) is 11.2 Å². The van der Waals surface area contributed by atoms with Crippen molar-refractivity contribution in [1.82, 2.24) is 19.5 Å². The van der Waals surface area contributed by atoms with Gasteiger partial charge in [0.15, 0.2) is 23.0 Å². The Bertz CT molecular complexity index is 1440. The third-order valence-electron chi connectivity index (χ3n) is 6.74. The lowest BCUT2D eigenvalue weighted by atomic mass is 10.1. The molecule has 1 fully saturated rings. The van der Waals surface area contributed by atoms with Crippen LogP contribution in [0.4, 0.5) is 17.5 Å². The topological polar surface area (TPSA) is 176 Å². The van der Waals surface area contributed by atoms with Gasteiger partial charge in [0.05, 0.1) is 38.9 Å². The zero-order valence-electron chi connectivity index (χ0n) is 22.3. The Balaban J connectivity index is 1.17. The number of hydrogen-bond donors (Lipinski definition) is 3. The largest absolute Gasteiger partial charge is 0.529 e. The molecule has 1 aromatic carbocycles. The summed E-state index contributed by atoms with van der Waals surface area (Å²) < 4.78 is 29.7. The average Bonchev–Trinajstić information content (AvgIpc) is 3.44. The minimum absolute atomic E-state index is 0.123. The molecule has 14 nitrogen and oxygen atoms in total. The van der Waals surface area contributed by atoms with Gasteiger partial charge in [0.25, 0.3) is 0 Å². The van der Waals surface area contributed by atoms with E-state index in [-0.39, 0.29) is 24.5 Å². The van der Waals surface area contributed by atoms with Crippen LogP contribution in [-0.4, -0.2) is 63.3 Å². The van der Waals surface area contributed by atoms with Crippen molar-refractivity contribution in [2.24, 2.45) is 5.92 Å². The van der Waals surface area contributed by atoms with Crippen molar-refractivity contribution in [2.45, 2.75) is 44.3 Å². The lowest BCUT2D eigenvalue weighted by molar-refractivity contribution is -0.139. The highest BCUT2D eigenvalue weighted by Crippen LogP contribution is 2.45. The Labute approximate surface area is 230 Å². The predicted molar refractivity (Wildman–Crippen MR) is 146 cm³/mol. The van der Waals surface area contributed by atoms with E-state index in [1.165, 1.54) is 26.2 Å². The Morgan fingerprint density at radius 2 is 2.00 bits per heavy atom. The van der Waals surface area contributed by atoms with E-state index in [4.69, 9.17) is 24.4 Å². The molecular formula is C25H32N7O7P. The van der Waals surface area contributed by atoms with Gasteiger partial charge in [-0.3, -0.25) is 14.3 Å². The fourth-order valence-corrected chi connectivity index (χ4v) is 5.31. The normalized spacial score (nSPS) is 20.7. The molecule has 0 aliphatic heterocycles. The molecule has 0 bridgehead atoms. The molecular weight excluding hydrogens is 541 g/mol. The van der Waals surface area contributed by atoms with E-state index < -0.39 is 19.8 Å². The van der Waals surface area contributed by atoms with Crippen LogP contribution in [0.1, 0.15) is 32.2 Å². The van der Waals surface area contributed by atoms with Gasteiger partial charge in [0.1, 0.15) is 5.75 Å². The first-order valence-corrected chi connectivity index (χ1v) is 14.3. The zero-order valence-corrected chi connectivity index (χ0v) is 23.2. The van der Waals surface area contributed by atoms with E-state index >= 15 is 0 Å². The molecule has 214 valence electrons. The van der Waals surface area contributed by atoms with Gasteiger partial charge < -0.3 is 24.9 Å². The van der Waals surface area contributed by atoms with E-state index in [1.807, 2.05) is 16.7 Å². The first-order valence-electron chi connectivity index (χ1n) is 12.8. The summed E-state index contributed by atoms with van der Waals surface area (Å²) in [6.07, 6.45) is 8.22. The standard InChI is InChI=1S/C25H32N7O7P/c1-15(32(37-3)18-8-10-20(36-2)11-9-18)24(33)39-40(34,35)38-13-16-4-7-19(12-16)31-14-27-21-22(28-17-5-6-17)29-25(26)30-23(21)31/h4,7-11,14-17,19H,5-6,12-13H2,1-3H3,(H,34,35)(H3,26,28,29,30)/t15-,16?,19-/m0/s1. The van der Waals surface area contributed by atoms with Crippen LogP contribution >= 0.6 is 7.82 Å². The quantitative estimate of drug-likeness (QED) is 0.164. The van der Waals surface area contributed by atoms with Crippen molar-refractivity contribution in [3.63, 3.8) is 0 Å². The molecule has 4 N–H and O–H groups in total. The van der Waals surface area contributed by atoms with Crippen LogP contribution in [0.5, 0.6) is 5.75 Å². The molecule has 0 radical (unpaired) electrons. The minimum Gasteiger partial charge on any atom is -0.497 e. The summed E-state index contributed by atoms with van der Waals surface area (Å²) in [7, 11) is -1.79. The number of methoxy groups -OCH3 is 1. The number of benzene rings is 1. The summed E-state index contributed by atoms with van der Waals surface area (Å²) in [5, 5.41) is 4.59. The highest BCUT2D eigenvalue weighted by molar-refractivity contribution is 7.48. The van der Waals surface area contributed by atoms with Gasteiger partial charge in [-0.2, -0.15) is 9.97 Å². The number of ether oxygens (including phenoxy) is 1. The second-order valence-electron chi connectivity index (χ2n) is 9.68. The van der Waals surface area contributed by atoms with Crippen LogP contribution in [-0.2, 0) is 23.2 Å². The molecule has 2 aliphatic rings. The van der Waals surface area contributed by atoms with Crippen molar-refractivity contribution >= 4 is 42.4 Å². The third-order valence-corrected chi connectivity index (χ3v) is 7.62. The lowest BCUT2D eigenvalue weighted by Gasteiger charge is -2.27. The van der Waals surface area contributed by atoms with E-state index in [0.717, 1.165) is 12.8 Å². The van der Waals surface area contributed by atoms with Crippen molar-refractivity contribution < 1.29 is 32.9 Å². The second-order valence-corrected chi connectivity index (χ2v) is 11.1. The fourth-order valence-electron chi connectivity index (χ4n) is 4.50. The molecule has 4 atom stereocenters. The smallest absolute Gasteiger partial charge is 0.497 e. The molecule has 2 aromatic heterocycles. The number of nitrogens with one attached hydrogen (secondary N) is 1. The molecule has 5 rings (SSSR count). The minimum atomic E-state index is -4.70. The van der Waals surface area contributed by atoms with E-state index in [1.54, 1.807) is 30.6 Å². The van der Waals surface area contributed by atoms with Crippen LogP contribution < -0.4 is 20.9 Å². The molecule has 40 heavy (non-hydrogen) atoms. The molecule has 1 saturated carbocycles. The maximum atomic E-state index is 12.7. The molecule has 0 saturated heterocycles. The van der Waals surface area contributed by atoms with Gasteiger partial charge >= 0.3 is 13.8 Å². The summed E-state index contributed by atoms with van der Waals surface area (Å²) in [5.74, 6) is 0.191. The number of allylic oxidation sites excluding steroid dienone is 1. The van der Waals surface area contributed by atoms with Crippen LogP contribution in [0.2, 0.25) is 0 Å². The SMILES string of the molecule is COc1ccc(N(OC)[C@@H](C)C(=O)OP(=O)(O)OCC2C=C[C@H](n3cnc4c(NC5CC5)nc(N)nc43)C2)cc1. The van der Waals surface area contributed by atoms with E-state index in [2.05, 4.69) is 20.3 Å². The van der Waals surface area contributed by atoms with Gasteiger partial charge in [-0.25, -0.2) is 19.4 Å². The van der Waals surface area contributed by atoms with Crippen molar-refractivity contribution in [1.29, 1.82) is 0 Å². The highest BCUT2D eigenvalue weighted by atomic mass is 31.2. The molecule has 2 heterocycles. The van der Waals surface area contributed by atoms with Crippen molar-refractivity contribution in [3.8, 4) is 5.75 Å². The Hall–Kier alpha value is -3.71. The number of phosphoric acid groups is 1. The first-order chi connectivity index (χ1) is 19.2. The molecule has 15 heteroatoms. The summed E-state index contributed by atoms with van der Waals surface area (Å²) in [5.41, 5.74) is 7.71. The molecule has 0 amide bonds. The fraction of sp³-hybridized carbons (Fsp3) is 0.440. The predicted octanol–water partition coefficient (Wildman–Crippen LogP) is 3.23. The average molecular weight is 574 g/mol. The van der Waals surface area contributed by atoms with Crippen LogP contribution in [0.15, 0.2) is 42.7 Å². The number of nitrogen functional groups attached to an aromatic ring is 1. The van der Waals surface area contributed by atoms with Crippen molar-refractivity contribution in [3.05, 3.63) is 42.7 Å². The maximum absolute atomic E-state index is 12.7. The number of anilines is 3. The van der Waals surface area contributed by atoms with Gasteiger partial charge in [-0.15, -0.1) is 0 Å². The second kappa shape index (κ2) is 11.4. The number of hydroxylamine groups is 1. The Kier molecular flexibility index (Phi) is 7.95. The number of carbonyl (C=O) groups is 1. The first kappa shape index (κ1) is 27.8. The number of carbonyl (C=O) groups excluding carboxylic acids is 1. The molecule has 0 spiro atoms. The van der Waals surface area contributed by atoms with Gasteiger partial charge in [0.2, 0.25) is 5.95 Å². The third kappa shape index (κ3) is 6.20. The number of rotatable bonds is 12. The summed E-state index contributed by atoms with van der Waals surface area (Å²) in [4.78, 5) is 41.4. The highest BCUT2D eigenvalue weighted by Gasteiger charge is 2.34. The zero-order chi connectivity index (χ0) is 28.4. The summed E-state index contributed by atoms with van der Waals surface area (Å²) in [6, 6.07) is 5.96. The molecule has 3 aromatic rings. The molecule has 2 aliphatic carbocycles. The van der Waals surface area contributed by atoms with E-state index in [9.17, 15) is 14.3 Å². The Morgan fingerprint density at radius 3 is 2.67 bits per heavy atom. The number of fused-ring (bicyclic) bond motifs is 1. The van der Waals surface area contributed by atoms with Crippen molar-refractivity contribution in [2.75, 3.05) is 36.9 Å². The van der Waals surface area contributed by atoms with E-state index in [0.29, 0.717) is 40.9 Å². The van der Waals surface area contributed by atoms with Gasteiger partial charge in [-0.05, 0) is 50.5 Å². The monoisotopic (exact) mass is 573 g/mol. The summed E-state index contributed by atoms with van der Waals surface area (Å²) in [6.45, 7) is 1.35. The number of imidazole rings is 1. The number of aromatic nitrogens is 4. The number of nitrogens with zero attached hydrogens (tertiary/aromatic N) is 5. The van der Waals surface area contributed by atoms with Gasteiger partial charge in [0, 0.05) is 12.0 Å². The van der Waals surface area contributed by atoms with Gasteiger partial charge in [-0.1, -0.05) is 12.2 Å². The Morgan fingerprint density at radius 1 is 1.25 bits per heavy atom. The number of phosphoric ester groups is 1. The summed E-state index contributed by atoms with van der Waals surface area (Å²) >= 11 is 0. The number of hydrogen-bond acceptors (Lipinski definition) is 12. The lowest BCUT2D eigenvalue weighted by Crippen LogP contribution is -2.39. The molecule has 2 unspecified atom stereocenters.